The van der Waals surface area contributed by atoms with Gasteiger partial charge in [0.05, 0.1) is 37.0 Å². The van der Waals surface area contributed by atoms with Crippen molar-refractivity contribution in [1.29, 1.82) is 0 Å². The Balaban J connectivity index is 0. The van der Waals surface area contributed by atoms with E-state index in [9.17, 15) is 39.6 Å². The van der Waals surface area contributed by atoms with Crippen molar-refractivity contribution in [2.24, 2.45) is 11.8 Å². The van der Waals surface area contributed by atoms with E-state index in [-0.39, 0.29) is 12.8 Å². The van der Waals surface area contributed by atoms with Crippen LogP contribution in [-0.2, 0) is 19.2 Å². The first-order valence-electron chi connectivity index (χ1n) is 21.2. The number of aliphatic hydroxyl groups excluding tert-OH is 4. The normalized spacial score (nSPS) is 13.5. The van der Waals surface area contributed by atoms with E-state index in [1.165, 1.54) is 128 Å². The third-order valence-electron chi connectivity index (χ3n) is 9.95. The van der Waals surface area contributed by atoms with Crippen molar-refractivity contribution in [2.45, 2.75) is 219 Å². The number of Topliss-reactive ketones (excluding diaryl/α,β-unsaturated/α-hetero) is 2. The number of carboxylic acid groups (broad SMARTS) is 2. The fraction of sp³-hybridized carbons (Fsp3) is 0.905. The van der Waals surface area contributed by atoms with Crippen LogP contribution in [0, 0.1) is 11.8 Å². The lowest BCUT2D eigenvalue weighted by molar-refractivity contribution is -0.311. The van der Waals surface area contributed by atoms with E-state index in [2.05, 4.69) is 13.8 Å². The Morgan fingerprint density at radius 1 is 0.385 bits per heavy atom. The number of aliphatic hydroxyl groups is 4. The van der Waals surface area contributed by atoms with Crippen LogP contribution in [0.2, 0.25) is 0 Å². The van der Waals surface area contributed by atoms with Gasteiger partial charge in [-0.15, -0.1) is 0 Å². The zero-order valence-electron chi connectivity index (χ0n) is 33.2. The molecule has 0 aromatic rings. The lowest BCUT2D eigenvalue weighted by Gasteiger charge is -2.19. The van der Waals surface area contributed by atoms with Gasteiger partial charge in [-0.05, 0) is 12.8 Å². The molecule has 0 rings (SSSR count). The molecule has 0 heterocycles. The first-order chi connectivity index (χ1) is 25.1. The number of unbranched alkanes of at least 4 members (excludes halogenated alkanes) is 26. The van der Waals surface area contributed by atoms with Crippen LogP contribution < -0.4 is 10.2 Å². The summed E-state index contributed by atoms with van der Waals surface area (Å²) in [5.41, 5.74) is 0. The van der Waals surface area contributed by atoms with Gasteiger partial charge in [0.15, 0.2) is 11.6 Å². The fourth-order valence-corrected chi connectivity index (χ4v) is 6.48. The molecule has 0 bridgehead atoms. The van der Waals surface area contributed by atoms with Gasteiger partial charge < -0.3 is 40.2 Å². The Kier molecular flexibility index (Phi) is 39.0. The first kappa shape index (κ1) is 52.2. The molecule has 4 N–H and O–H groups in total. The van der Waals surface area contributed by atoms with Gasteiger partial charge >= 0.3 is 0 Å². The number of aliphatic carboxylic acids is 2. The summed E-state index contributed by atoms with van der Waals surface area (Å²) in [6.45, 7) is 2.98. The van der Waals surface area contributed by atoms with E-state index in [4.69, 9.17) is 10.2 Å². The average molecular weight is 743 g/mol. The van der Waals surface area contributed by atoms with Crippen LogP contribution in [0.4, 0.5) is 0 Å². The van der Waals surface area contributed by atoms with Crippen LogP contribution in [0.3, 0.4) is 0 Å². The van der Waals surface area contributed by atoms with Crippen molar-refractivity contribution in [2.75, 3.05) is 13.2 Å². The Hall–Kier alpha value is -1.88. The van der Waals surface area contributed by atoms with Crippen molar-refractivity contribution in [3.63, 3.8) is 0 Å². The smallest absolute Gasteiger partial charge is 0.172 e. The minimum Gasteiger partial charge on any atom is -0.549 e. The molecule has 0 fully saturated rings. The van der Waals surface area contributed by atoms with Crippen LogP contribution in [0.1, 0.15) is 206 Å². The maximum Gasteiger partial charge on any atom is 0.172 e. The number of ketones is 2. The van der Waals surface area contributed by atoms with Gasteiger partial charge in [0.1, 0.15) is 12.2 Å². The maximum atomic E-state index is 11.6. The molecule has 0 aliphatic heterocycles. The van der Waals surface area contributed by atoms with E-state index in [1.807, 2.05) is 0 Å². The molecule has 0 saturated carbocycles. The van der Waals surface area contributed by atoms with Gasteiger partial charge in [-0.1, -0.05) is 194 Å². The molecule has 0 amide bonds. The zero-order chi connectivity index (χ0) is 39.2. The standard InChI is InChI=1S/2C21H40O5/c2*1-2-3-4-5-6-7-8-9-10-11-12-13-14-15-16-18(21(25)26)20(24)19(23)17-22/h2*18-19,22-23H,2-17H2,1H3,(H,25,26)/p-2. The van der Waals surface area contributed by atoms with Gasteiger partial charge in [0.2, 0.25) is 0 Å². The molecule has 52 heavy (non-hydrogen) atoms. The Morgan fingerprint density at radius 3 is 0.750 bits per heavy atom. The summed E-state index contributed by atoms with van der Waals surface area (Å²) in [6, 6.07) is 0. The zero-order valence-corrected chi connectivity index (χ0v) is 33.2. The van der Waals surface area contributed by atoms with Gasteiger partial charge in [0.25, 0.3) is 0 Å². The van der Waals surface area contributed by atoms with E-state index >= 15 is 0 Å². The summed E-state index contributed by atoms with van der Waals surface area (Å²) >= 11 is 0. The molecular weight excluding hydrogens is 664 g/mol. The molecule has 308 valence electrons. The Morgan fingerprint density at radius 2 is 0.577 bits per heavy atom. The third-order valence-corrected chi connectivity index (χ3v) is 9.95. The number of carbonyl (C=O) groups is 4. The molecule has 10 heteroatoms. The molecule has 10 nitrogen and oxygen atoms in total. The number of carboxylic acids is 2. The predicted molar refractivity (Wildman–Crippen MR) is 203 cm³/mol. The highest BCUT2D eigenvalue weighted by Crippen LogP contribution is 2.18. The van der Waals surface area contributed by atoms with E-state index < -0.39 is 60.8 Å². The van der Waals surface area contributed by atoms with Crippen LogP contribution >= 0.6 is 0 Å². The summed E-state index contributed by atoms with van der Waals surface area (Å²) in [5.74, 6) is -7.23. The van der Waals surface area contributed by atoms with Crippen LogP contribution in [0.25, 0.3) is 0 Å². The highest BCUT2D eigenvalue weighted by Gasteiger charge is 2.26. The number of rotatable bonds is 38. The quantitative estimate of drug-likeness (QED) is 0.0412. The number of hydrogen-bond acceptors (Lipinski definition) is 10. The van der Waals surface area contributed by atoms with E-state index in [0.29, 0.717) is 12.8 Å². The number of carbonyl (C=O) groups excluding carboxylic acids is 4. The number of hydrogen-bond donors (Lipinski definition) is 4. The Bertz CT molecular complexity index is 781. The van der Waals surface area contributed by atoms with Gasteiger partial charge in [-0.2, -0.15) is 0 Å². The first-order valence-corrected chi connectivity index (χ1v) is 21.2. The molecule has 0 aliphatic carbocycles. The molecule has 4 atom stereocenters. The van der Waals surface area contributed by atoms with Gasteiger partial charge in [-0.3, -0.25) is 9.59 Å². The Labute approximate surface area is 316 Å². The molecule has 0 spiro atoms. The second kappa shape index (κ2) is 38.8. The third kappa shape index (κ3) is 31.6. The summed E-state index contributed by atoms with van der Waals surface area (Å²) in [5, 5.41) is 58.0. The van der Waals surface area contributed by atoms with Gasteiger partial charge in [0, 0.05) is 0 Å². The fourth-order valence-electron chi connectivity index (χ4n) is 6.48. The SMILES string of the molecule is CCCCCCCCCCCCCCCCC(C(=O)[O-])C(=O)C(O)CO.CCCCCCCCCCCCCCCCC(C(=O)[O-])C(=O)C(O)CO. The molecular formula is C42H78O10-2. The minimum absolute atomic E-state index is 0.177. The van der Waals surface area contributed by atoms with Crippen LogP contribution in [-0.4, -0.2) is 69.4 Å². The summed E-state index contributed by atoms with van der Waals surface area (Å²) < 4.78 is 0. The van der Waals surface area contributed by atoms with E-state index in [0.717, 1.165) is 38.5 Å². The van der Waals surface area contributed by atoms with Gasteiger partial charge in [-0.25, -0.2) is 0 Å². The minimum atomic E-state index is -1.62. The second-order valence-electron chi connectivity index (χ2n) is 14.7. The topological polar surface area (TPSA) is 195 Å². The second-order valence-corrected chi connectivity index (χ2v) is 14.7. The molecule has 0 aliphatic rings. The summed E-state index contributed by atoms with van der Waals surface area (Å²) in [4.78, 5) is 45.3. The molecule has 4 unspecified atom stereocenters. The monoisotopic (exact) mass is 743 g/mol. The maximum absolute atomic E-state index is 11.6. The van der Waals surface area contributed by atoms with Crippen LogP contribution in [0.5, 0.6) is 0 Å². The van der Waals surface area contributed by atoms with Crippen molar-refractivity contribution >= 4 is 23.5 Å². The van der Waals surface area contributed by atoms with E-state index in [1.54, 1.807) is 0 Å². The van der Waals surface area contributed by atoms with Crippen molar-refractivity contribution in [1.82, 2.24) is 0 Å². The molecule has 0 aromatic carbocycles. The highest BCUT2D eigenvalue weighted by atomic mass is 16.4. The highest BCUT2D eigenvalue weighted by molar-refractivity contribution is 6.00. The summed E-state index contributed by atoms with van der Waals surface area (Å²) in [6.07, 6.45) is 30.9. The molecule has 0 aromatic heterocycles. The summed E-state index contributed by atoms with van der Waals surface area (Å²) in [7, 11) is 0. The van der Waals surface area contributed by atoms with Crippen molar-refractivity contribution in [3.05, 3.63) is 0 Å². The predicted octanol–water partition coefficient (Wildman–Crippen LogP) is 6.29. The largest absolute Gasteiger partial charge is 0.549 e. The van der Waals surface area contributed by atoms with Crippen molar-refractivity contribution < 1.29 is 49.8 Å². The lowest BCUT2D eigenvalue weighted by atomic mass is 9.93. The average Bonchev–Trinajstić information content (AvgIpc) is 3.13. The van der Waals surface area contributed by atoms with Crippen molar-refractivity contribution in [3.8, 4) is 0 Å². The van der Waals surface area contributed by atoms with Crippen LogP contribution in [0.15, 0.2) is 0 Å². The lowest BCUT2D eigenvalue weighted by Crippen LogP contribution is -2.42. The molecule has 0 saturated heterocycles. The molecule has 0 radical (unpaired) electrons.